The zero-order valence-corrected chi connectivity index (χ0v) is 22.4. The quantitative estimate of drug-likeness (QED) is 0.201. The lowest BCUT2D eigenvalue weighted by Gasteiger charge is -2.11. The highest BCUT2D eigenvalue weighted by Crippen LogP contribution is 2.31. The van der Waals surface area contributed by atoms with Crippen molar-refractivity contribution in [3.05, 3.63) is 80.4 Å². The van der Waals surface area contributed by atoms with Crippen molar-refractivity contribution in [3.63, 3.8) is 0 Å². The highest BCUT2D eigenvalue weighted by molar-refractivity contribution is 7.19. The summed E-state index contributed by atoms with van der Waals surface area (Å²) in [5, 5.41) is 13.7. The summed E-state index contributed by atoms with van der Waals surface area (Å²) in [5.74, 6) is -1.22. The summed E-state index contributed by atoms with van der Waals surface area (Å²) >= 11 is 1.30. The number of amides is 1. The minimum Gasteiger partial charge on any atom is -0.507 e. The fraction of sp³-hybridized carbons (Fsp3) is 0.321. The number of halogens is 3. The van der Waals surface area contributed by atoms with Gasteiger partial charge in [0.05, 0.1) is 7.11 Å². The number of hydrogen-bond donors (Lipinski definition) is 2. The summed E-state index contributed by atoms with van der Waals surface area (Å²) in [6.45, 7) is 3.30. The number of alkyl halides is 3. The van der Waals surface area contributed by atoms with Gasteiger partial charge in [-0.25, -0.2) is 9.59 Å². The van der Waals surface area contributed by atoms with Gasteiger partial charge in [0.2, 0.25) is 0 Å². The van der Waals surface area contributed by atoms with E-state index in [2.05, 4.69) is 10.1 Å². The average Bonchev–Trinajstić information content (AvgIpc) is 3.27. The van der Waals surface area contributed by atoms with Crippen LogP contribution in [0.2, 0.25) is 0 Å². The molecule has 7 nitrogen and oxygen atoms in total. The number of ether oxygens (including phenoxy) is 1. The minimum absolute atomic E-state index is 0.118. The maximum absolute atomic E-state index is 13.0. The number of carbonyl (C=O) groups excluding carboxylic acids is 2. The highest BCUT2D eigenvalue weighted by atomic mass is 32.1. The fourth-order valence-corrected chi connectivity index (χ4v) is 4.92. The Balaban J connectivity index is 1.72. The molecule has 0 bridgehead atoms. The molecule has 0 aliphatic heterocycles. The molecule has 1 atom stereocenters. The number of alkyl carbamates (subject to hydrolysis) is 1. The summed E-state index contributed by atoms with van der Waals surface area (Å²) in [6.07, 6.45) is -0.0670. The van der Waals surface area contributed by atoms with Crippen molar-refractivity contribution < 1.29 is 37.0 Å². The number of aromatic hydroxyl groups is 1. The molecule has 1 amide bonds. The monoisotopic (exact) mass is 563 g/mol. The van der Waals surface area contributed by atoms with Crippen molar-refractivity contribution in [3.8, 4) is 5.75 Å². The molecule has 0 saturated heterocycles. The number of fused-ring (bicyclic) bond motifs is 1. The molecule has 39 heavy (non-hydrogen) atoms. The number of Topliss-reactive ketones (excluding diaryl/α,β-unsaturated/α-hetero) is 1. The molecule has 0 aliphatic carbocycles. The lowest BCUT2D eigenvalue weighted by Crippen LogP contribution is -2.16. The maximum Gasteiger partial charge on any atom is 0.410 e. The first-order valence-electron chi connectivity index (χ1n) is 12.1. The van der Waals surface area contributed by atoms with E-state index in [0.29, 0.717) is 23.3 Å². The van der Waals surface area contributed by atoms with E-state index in [0.717, 1.165) is 10.1 Å². The van der Waals surface area contributed by atoms with Crippen LogP contribution in [0, 0.1) is 0 Å². The second kappa shape index (κ2) is 12.8. The Labute approximate surface area is 226 Å². The summed E-state index contributed by atoms with van der Waals surface area (Å²) in [7, 11) is 1.25. The van der Waals surface area contributed by atoms with Gasteiger partial charge in [-0.2, -0.15) is 13.2 Å². The molecular formula is C28H28F3NO6S. The molecule has 11 heteroatoms. The topological polar surface area (TPSA) is 106 Å². The van der Waals surface area contributed by atoms with E-state index in [9.17, 15) is 32.7 Å². The number of thiophene rings is 1. The molecule has 3 rings (SSSR count). The van der Waals surface area contributed by atoms with Gasteiger partial charge in [0.15, 0.2) is 5.78 Å². The normalized spacial score (nSPS) is 13.1. The van der Waals surface area contributed by atoms with Gasteiger partial charge in [-0.3, -0.25) is 10.1 Å². The van der Waals surface area contributed by atoms with Crippen molar-refractivity contribution in [2.75, 3.05) is 7.11 Å². The third kappa shape index (κ3) is 8.31. The molecule has 3 aromatic rings. The standard InChI is InChI=1S/C28H28F3NO6S/c1-16(6-4-5-11-32-27(36)37-3)22-15-21(33)24(26(35)38-22)25(34)17(2)12-20-14-19-8-7-18(13-23(19)39-20)9-10-28(29,30)31/h5,7-8,11-16,33H,4,6,9-10H2,1-3H3,(H,32,36)/b11-5+,17-12+. The first kappa shape index (κ1) is 29.7. The molecule has 1 unspecified atom stereocenters. The minimum atomic E-state index is -4.23. The van der Waals surface area contributed by atoms with Gasteiger partial charge >= 0.3 is 17.9 Å². The molecule has 2 N–H and O–H groups in total. The molecule has 2 aromatic heterocycles. The van der Waals surface area contributed by atoms with E-state index in [4.69, 9.17) is 4.42 Å². The van der Waals surface area contributed by atoms with Crippen LogP contribution in [-0.2, 0) is 11.2 Å². The summed E-state index contributed by atoms with van der Waals surface area (Å²) in [4.78, 5) is 37.3. The van der Waals surface area contributed by atoms with Crippen molar-refractivity contribution >= 4 is 39.4 Å². The molecule has 1 aromatic carbocycles. The number of benzene rings is 1. The first-order chi connectivity index (χ1) is 18.4. The van der Waals surface area contributed by atoms with Crippen molar-refractivity contribution in [2.24, 2.45) is 0 Å². The van der Waals surface area contributed by atoms with E-state index < -0.39 is 41.4 Å². The smallest absolute Gasteiger partial charge is 0.410 e. The molecule has 0 aliphatic rings. The van der Waals surface area contributed by atoms with Gasteiger partial charge in [-0.1, -0.05) is 25.1 Å². The molecular weight excluding hydrogens is 535 g/mol. The Morgan fingerprint density at radius 3 is 2.64 bits per heavy atom. The van der Waals surface area contributed by atoms with Crippen LogP contribution in [0.15, 0.2) is 57.4 Å². The van der Waals surface area contributed by atoms with E-state index in [1.807, 2.05) is 0 Å². The van der Waals surface area contributed by atoms with Gasteiger partial charge in [-0.05, 0) is 60.9 Å². The van der Waals surface area contributed by atoms with Crippen molar-refractivity contribution in [2.45, 2.75) is 51.6 Å². The third-order valence-electron chi connectivity index (χ3n) is 5.95. The average molecular weight is 564 g/mol. The SMILES string of the molecule is COC(=O)N/C=C/CCC(C)c1cc(O)c(C(=O)/C(C)=C/c2cc3ccc(CCC(F)(F)F)cc3s2)c(=O)o1. The zero-order valence-electron chi connectivity index (χ0n) is 21.6. The van der Waals surface area contributed by atoms with Crippen LogP contribution in [0.4, 0.5) is 18.0 Å². The maximum atomic E-state index is 13.0. The van der Waals surface area contributed by atoms with Gasteiger partial charge < -0.3 is 14.3 Å². The second-order valence-corrected chi connectivity index (χ2v) is 10.1. The Kier molecular flexibility index (Phi) is 9.74. The second-order valence-electron chi connectivity index (χ2n) is 9.01. The summed E-state index contributed by atoms with van der Waals surface area (Å²) in [6, 6.07) is 8.13. The van der Waals surface area contributed by atoms with Crippen molar-refractivity contribution in [1.29, 1.82) is 0 Å². The third-order valence-corrected chi connectivity index (χ3v) is 7.00. The van der Waals surface area contributed by atoms with Crippen LogP contribution in [-0.4, -0.2) is 30.3 Å². The number of allylic oxidation sites excluding steroid dienone is 2. The predicted molar refractivity (Wildman–Crippen MR) is 143 cm³/mol. The number of rotatable bonds is 10. The van der Waals surface area contributed by atoms with Crippen LogP contribution in [0.25, 0.3) is 16.2 Å². The lowest BCUT2D eigenvalue weighted by atomic mass is 10.00. The Morgan fingerprint density at radius 2 is 1.97 bits per heavy atom. The number of ketones is 1. The number of nitrogens with one attached hydrogen (secondary N) is 1. The van der Waals surface area contributed by atoms with Crippen LogP contribution in [0.5, 0.6) is 5.75 Å². The molecule has 0 fully saturated rings. The van der Waals surface area contributed by atoms with E-state index in [1.165, 1.54) is 37.6 Å². The van der Waals surface area contributed by atoms with Crippen LogP contribution in [0.3, 0.4) is 0 Å². The first-order valence-corrected chi connectivity index (χ1v) is 12.9. The van der Waals surface area contributed by atoms with Crippen LogP contribution < -0.4 is 10.9 Å². The predicted octanol–water partition coefficient (Wildman–Crippen LogP) is 7.09. The molecule has 2 heterocycles. The van der Waals surface area contributed by atoms with E-state index >= 15 is 0 Å². The van der Waals surface area contributed by atoms with Crippen LogP contribution in [0.1, 0.15) is 65.6 Å². The Morgan fingerprint density at radius 1 is 1.23 bits per heavy atom. The number of carbonyl (C=O) groups is 2. The van der Waals surface area contributed by atoms with Gasteiger partial charge in [0.25, 0.3) is 0 Å². The summed E-state index contributed by atoms with van der Waals surface area (Å²) in [5.41, 5.74) is -0.679. The van der Waals surface area contributed by atoms with Crippen molar-refractivity contribution in [1.82, 2.24) is 5.32 Å². The molecule has 0 saturated carbocycles. The summed E-state index contributed by atoms with van der Waals surface area (Å²) < 4.78 is 48.2. The number of hydrogen-bond acceptors (Lipinski definition) is 7. The lowest BCUT2D eigenvalue weighted by molar-refractivity contribution is -0.134. The number of methoxy groups -OCH3 is 1. The van der Waals surface area contributed by atoms with E-state index in [-0.39, 0.29) is 23.7 Å². The molecule has 0 spiro atoms. The Hall–Kier alpha value is -3.86. The van der Waals surface area contributed by atoms with Crippen LogP contribution >= 0.6 is 11.3 Å². The molecule has 208 valence electrons. The van der Waals surface area contributed by atoms with Gasteiger partial charge in [0, 0.05) is 34.2 Å². The van der Waals surface area contributed by atoms with E-state index in [1.54, 1.807) is 43.3 Å². The highest BCUT2D eigenvalue weighted by Gasteiger charge is 2.26. The van der Waals surface area contributed by atoms with Gasteiger partial charge in [0.1, 0.15) is 17.1 Å². The Bertz CT molecular complexity index is 1470. The number of aryl methyl sites for hydroxylation is 1. The zero-order chi connectivity index (χ0) is 28.7. The largest absolute Gasteiger partial charge is 0.507 e. The van der Waals surface area contributed by atoms with Gasteiger partial charge in [-0.15, -0.1) is 11.3 Å². The molecule has 0 radical (unpaired) electrons. The fourth-order valence-electron chi connectivity index (χ4n) is 3.79.